The van der Waals surface area contributed by atoms with Gasteiger partial charge in [0, 0.05) is 12.1 Å². The van der Waals surface area contributed by atoms with Crippen molar-refractivity contribution in [1.29, 1.82) is 10.5 Å². The molecule has 2 heterocycles. The number of nitrogens with one attached hydrogen (secondary N) is 1. The lowest BCUT2D eigenvalue weighted by Crippen LogP contribution is -2.13. The molecule has 0 bridgehead atoms. The van der Waals surface area contributed by atoms with Gasteiger partial charge in [0.25, 0.3) is 0 Å². The highest BCUT2D eigenvalue weighted by molar-refractivity contribution is 9.10. The molecule has 0 fully saturated rings. The number of halogens is 1. The SMILES string of the molecule is N#Cc1c(-c2ccccc2)c(C#N)c2c(Br)cnn2c1NCCO. The Kier molecular flexibility index (Phi) is 4.48. The highest BCUT2D eigenvalue weighted by Gasteiger charge is 2.23. The first kappa shape index (κ1) is 16.0. The molecule has 6 nitrogen and oxygen atoms in total. The van der Waals surface area contributed by atoms with Crippen LogP contribution in [0, 0.1) is 22.7 Å². The predicted octanol–water partition coefficient (Wildman–Crippen LogP) is 2.91. The number of aromatic nitrogens is 2. The van der Waals surface area contributed by atoms with Crippen LogP contribution in [0.1, 0.15) is 11.1 Å². The van der Waals surface area contributed by atoms with Gasteiger partial charge in [0.2, 0.25) is 0 Å². The van der Waals surface area contributed by atoms with Crippen LogP contribution in [-0.2, 0) is 0 Å². The molecule has 2 aromatic heterocycles. The van der Waals surface area contributed by atoms with Crippen LogP contribution < -0.4 is 5.32 Å². The second-order valence-electron chi connectivity index (χ2n) is 4.97. The Labute approximate surface area is 146 Å². The summed E-state index contributed by atoms with van der Waals surface area (Å²) in [7, 11) is 0. The van der Waals surface area contributed by atoms with E-state index in [9.17, 15) is 10.5 Å². The second kappa shape index (κ2) is 6.71. The molecule has 0 unspecified atom stereocenters. The number of aliphatic hydroxyl groups excluding tert-OH is 1. The lowest BCUT2D eigenvalue weighted by atomic mass is 9.95. The van der Waals surface area contributed by atoms with Crippen LogP contribution in [0.5, 0.6) is 0 Å². The molecule has 0 radical (unpaired) electrons. The molecule has 0 amide bonds. The number of hydrogen-bond acceptors (Lipinski definition) is 5. The maximum absolute atomic E-state index is 9.73. The third-order valence-corrected chi connectivity index (χ3v) is 4.18. The van der Waals surface area contributed by atoms with Gasteiger partial charge >= 0.3 is 0 Å². The first-order valence-electron chi connectivity index (χ1n) is 7.16. The highest BCUT2D eigenvalue weighted by Crippen LogP contribution is 2.37. The first-order valence-corrected chi connectivity index (χ1v) is 7.95. The topological polar surface area (TPSA) is 97.1 Å². The molecule has 0 aliphatic carbocycles. The number of anilines is 1. The standard InChI is InChI=1S/C17H12BrN5O/c18-14-10-22-23-16(14)12(8-19)15(11-4-2-1-3-5-11)13(9-20)17(23)21-6-7-24/h1-5,10,21,24H,6-7H2. The van der Waals surface area contributed by atoms with Gasteiger partial charge in [-0.15, -0.1) is 0 Å². The number of nitriles is 2. The molecule has 0 atom stereocenters. The summed E-state index contributed by atoms with van der Waals surface area (Å²) in [5, 5.41) is 35.9. The minimum atomic E-state index is -0.0878. The Balaban J connectivity index is 2.47. The van der Waals surface area contributed by atoms with Crippen molar-refractivity contribution >= 4 is 27.3 Å². The molecule has 3 aromatic rings. The number of pyridine rings is 1. The molecule has 2 N–H and O–H groups in total. The fourth-order valence-corrected chi connectivity index (χ4v) is 3.10. The molecule has 0 saturated carbocycles. The normalized spacial score (nSPS) is 10.3. The van der Waals surface area contributed by atoms with E-state index in [0.29, 0.717) is 32.5 Å². The summed E-state index contributed by atoms with van der Waals surface area (Å²) >= 11 is 3.42. The third kappa shape index (κ3) is 2.50. The largest absolute Gasteiger partial charge is 0.395 e. The van der Waals surface area contributed by atoms with Gasteiger partial charge in [0.05, 0.1) is 22.8 Å². The lowest BCUT2D eigenvalue weighted by Gasteiger charge is -2.16. The van der Waals surface area contributed by atoms with Crippen LogP contribution in [0.3, 0.4) is 0 Å². The van der Waals surface area contributed by atoms with E-state index in [4.69, 9.17) is 5.11 Å². The summed E-state index contributed by atoms with van der Waals surface area (Å²) in [6.45, 7) is 0.177. The minimum absolute atomic E-state index is 0.0878. The van der Waals surface area contributed by atoms with Crippen molar-refractivity contribution in [3.63, 3.8) is 0 Å². The summed E-state index contributed by atoms with van der Waals surface area (Å²) < 4.78 is 2.18. The van der Waals surface area contributed by atoms with E-state index in [2.05, 4.69) is 38.5 Å². The van der Waals surface area contributed by atoms with E-state index in [-0.39, 0.29) is 13.2 Å². The minimum Gasteiger partial charge on any atom is -0.395 e. The third-order valence-electron chi connectivity index (χ3n) is 3.60. The molecule has 1 aromatic carbocycles. The van der Waals surface area contributed by atoms with Crippen LogP contribution in [0.15, 0.2) is 41.0 Å². The Morgan fingerprint density at radius 2 is 1.88 bits per heavy atom. The molecule has 0 aliphatic heterocycles. The van der Waals surface area contributed by atoms with Gasteiger partial charge in [-0.25, -0.2) is 4.52 Å². The Bertz CT molecular complexity index is 982. The monoisotopic (exact) mass is 381 g/mol. The second-order valence-corrected chi connectivity index (χ2v) is 5.82. The Morgan fingerprint density at radius 3 is 2.50 bits per heavy atom. The molecule has 0 aliphatic rings. The summed E-state index contributed by atoms with van der Waals surface area (Å²) in [5.41, 5.74) is 2.59. The average Bonchev–Trinajstić information content (AvgIpc) is 3.01. The van der Waals surface area contributed by atoms with Crippen molar-refractivity contribution in [3.8, 4) is 23.3 Å². The maximum Gasteiger partial charge on any atom is 0.147 e. The molecule has 7 heteroatoms. The maximum atomic E-state index is 9.73. The van der Waals surface area contributed by atoms with Crippen LogP contribution in [-0.4, -0.2) is 27.9 Å². The fourth-order valence-electron chi connectivity index (χ4n) is 2.64. The zero-order valence-electron chi connectivity index (χ0n) is 12.5. The summed E-state index contributed by atoms with van der Waals surface area (Å²) in [6, 6.07) is 13.7. The van der Waals surface area contributed by atoms with E-state index in [0.717, 1.165) is 5.56 Å². The molecule has 3 rings (SSSR count). The summed E-state index contributed by atoms with van der Waals surface area (Å²) in [5.74, 6) is 0.449. The van der Waals surface area contributed by atoms with Crippen LogP contribution >= 0.6 is 15.9 Å². The van der Waals surface area contributed by atoms with Crippen LogP contribution in [0.25, 0.3) is 16.6 Å². The van der Waals surface area contributed by atoms with Crippen molar-refractivity contribution in [2.75, 3.05) is 18.5 Å². The highest BCUT2D eigenvalue weighted by atomic mass is 79.9. The van der Waals surface area contributed by atoms with E-state index < -0.39 is 0 Å². The fraction of sp³-hybridized carbons (Fsp3) is 0.118. The van der Waals surface area contributed by atoms with Gasteiger partial charge in [0.1, 0.15) is 29.0 Å². The average molecular weight is 382 g/mol. The summed E-state index contributed by atoms with van der Waals surface area (Å²) in [4.78, 5) is 0. The predicted molar refractivity (Wildman–Crippen MR) is 93.3 cm³/mol. The number of hydrogen-bond donors (Lipinski definition) is 2. The van der Waals surface area contributed by atoms with Gasteiger partial charge in [-0.1, -0.05) is 30.3 Å². The zero-order chi connectivity index (χ0) is 17.1. The van der Waals surface area contributed by atoms with Gasteiger partial charge < -0.3 is 10.4 Å². The number of nitrogens with zero attached hydrogens (tertiary/aromatic N) is 4. The van der Waals surface area contributed by atoms with Gasteiger partial charge in [-0.3, -0.25) is 0 Å². The first-order chi connectivity index (χ1) is 11.7. The number of aliphatic hydroxyl groups is 1. The molecule has 118 valence electrons. The lowest BCUT2D eigenvalue weighted by molar-refractivity contribution is 0.311. The quantitative estimate of drug-likeness (QED) is 0.723. The molecular weight excluding hydrogens is 370 g/mol. The number of rotatable bonds is 4. The number of benzene rings is 1. The molecule has 0 spiro atoms. The van der Waals surface area contributed by atoms with Gasteiger partial charge in [0.15, 0.2) is 0 Å². The van der Waals surface area contributed by atoms with Crippen LogP contribution in [0.4, 0.5) is 5.82 Å². The molecule has 0 saturated heterocycles. The van der Waals surface area contributed by atoms with Crippen LogP contribution in [0.2, 0.25) is 0 Å². The van der Waals surface area contributed by atoms with E-state index in [1.807, 2.05) is 30.3 Å². The summed E-state index contributed by atoms with van der Waals surface area (Å²) in [6.07, 6.45) is 1.58. The van der Waals surface area contributed by atoms with Crippen molar-refractivity contribution in [2.45, 2.75) is 0 Å². The van der Waals surface area contributed by atoms with E-state index >= 15 is 0 Å². The van der Waals surface area contributed by atoms with Crippen molar-refractivity contribution in [3.05, 3.63) is 52.1 Å². The van der Waals surface area contributed by atoms with E-state index in [1.165, 1.54) is 4.52 Å². The van der Waals surface area contributed by atoms with E-state index in [1.54, 1.807) is 6.20 Å². The Hall–Kier alpha value is -2.87. The van der Waals surface area contributed by atoms with Crippen molar-refractivity contribution < 1.29 is 5.11 Å². The smallest absolute Gasteiger partial charge is 0.147 e. The van der Waals surface area contributed by atoms with Crippen molar-refractivity contribution in [2.24, 2.45) is 0 Å². The Morgan fingerprint density at radius 1 is 1.17 bits per heavy atom. The molecular formula is C17H12BrN5O. The molecule has 24 heavy (non-hydrogen) atoms. The van der Waals surface area contributed by atoms with Gasteiger partial charge in [-0.05, 0) is 21.5 Å². The zero-order valence-corrected chi connectivity index (χ0v) is 14.1. The van der Waals surface area contributed by atoms with Crippen molar-refractivity contribution in [1.82, 2.24) is 9.61 Å². The number of fused-ring (bicyclic) bond motifs is 1. The van der Waals surface area contributed by atoms with Gasteiger partial charge in [-0.2, -0.15) is 15.6 Å².